The van der Waals surface area contributed by atoms with Crippen LogP contribution in [0.3, 0.4) is 0 Å². The summed E-state index contributed by atoms with van der Waals surface area (Å²) in [4.78, 5) is 0. The van der Waals surface area contributed by atoms with E-state index in [-0.39, 0.29) is 0 Å². The van der Waals surface area contributed by atoms with Crippen molar-refractivity contribution in [2.45, 2.75) is 26.3 Å². The highest BCUT2D eigenvalue weighted by molar-refractivity contribution is 6.32. The molecule has 1 aromatic rings. The van der Waals surface area contributed by atoms with Crippen molar-refractivity contribution in [1.29, 1.82) is 0 Å². The topological polar surface area (TPSA) is 47.3 Å². The first-order valence-corrected chi connectivity index (χ1v) is 6.72. The van der Waals surface area contributed by atoms with E-state index in [1.54, 1.807) is 7.11 Å². The van der Waals surface area contributed by atoms with Crippen LogP contribution in [0.2, 0.25) is 5.02 Å². The van der Waals surface area contributed by atoms with E-state index in [9.17, 15) is 0 Å². The Balaban J connectivity index is 1.95. The van der Waals surface area contributed by atoms with Gasteiger partial charge in [-0.2, -0.15) is 0 Å². The molecule has 3 N–H and O–H groups in total. The monoisotopic (exact) mass is 268 g/mol. The minimum absolute atomic E-state index is 0.365. The number of rotatable bonds is 6. The third kappa shape index (κ3) is 2.97. The van der Waals surface area contributed by atoms with Crippen LogP contribution in [0.4, 0.5) is 0 Å². The Kier molecular flexibility index (Phi) is 4.15. The molecule has 1 aliphatic rings. The molecule has 3 nitrogen and oxygen atoms in total. The summed E-state index contributed by atoms with van der Waals surface area (Å²) in [7, 11) is 1.64. The van der Waals surface area contributed by atoms with Crippen LogP contribution in [0.25, 0.3) is 0 Å². The summed E-state index contributed by atoms with van der Waals surface area (Å²) in [6, 6.07) is 3.96. The molecule has 100 valence electrons. The van der Waals surface area contributed by atoms with Crippen molar-refractivity contribution in [2.75, 3.05) is 20.2 Å². The van der Waals surface area contributed by atoms with Gasteiger partial charge in [0, 0.05) is 13.1 Å². The number of hydrogen-bond donors (Lipinski definition) is 2. The molecule has 0 spiro atoms. The maximum atomic E-state index is 6.14. The van der Waals surface area contributed by atoms with E-state index < -0.39 is 0 Å². The number of benzene rings is 1. The first kappa shape index (κ1) is 13.7. The molecular formula is C14H21ClN2O. The minimum Gasteiger partial charge on any atom is -0.495 e. The fourth-order valence-electron chi connectivity index (χ4n) is 2.14. The summed E-state index contributed by atoms with van der Waals surface area (Å²) in [6.45, 7) is 4.68. The number of aryl methyl sites for hydroxylation is 1. The molecule has 0 bridgehead atoms. The van der Waals surface area contributed by atoms with Gasteiger partial charge in [-0.15, -0.1) is 0 Å². The molecule has 18 heavy (non-hydrogen) atoms. The van der Waals surface area contributed by atoms with Gasteiger partial charge in [0.05, 0.1) is 12.1 Å². The Morgan fingerprint density at radius 1 is 1.44 bits per heavy atom. The van der Waals surface area contributed by atoms with Gasteiger partial charge in [0.2, 0.25) is 0 Å². The first-order chi connectivity index (χ1) is 8.60. The van der Waals surface area contributed by atoms with E-state index in [1.807, 2.05) is 12.1 Å². The second kappa shape index (κ2) is 5.47. The zero-order valence-electron chi connectivity index (χ0n) is 11.1. The van der Waals surface area contributed by atoms with Crippen molar-refractivity contribution in [3.05, 3.63) is 28.3 Å². The van der Waals surface area contributed by atoms with Gasteiger partial charge in [-0.1, -0.05) is 11.6 Å². The lowest BCUT2D eigenvalue weighted by Crippen LogP contribution is -2.29. The van der Waals surface area contributed by atoms with Gasteiger partial charge in [0.1, 0.15) is 5.75 Å². The first-order valence-electron chi connectivity index (χ1n) is 6.34. The molecule has 4 heteroatoms. The van der Waals surface area contributed by atoms with E-state index in [1.165, 1.54) is 24.0 Å². The third-order valence-corrected chi connectivity index (χ3v) is 4.11. The molecule has 1 fully saturated rings. The number of methoxy groups -OCH3 is 1. The molecule has 0 amide bonds. The van der Waals surface area contributed by atoms with Gasteiger partial charge < -0.3 is 15.8 Å². The second-order valence-corrected chi connectivity index (χ2v) is 5.63. The normalized spacial score (nSPS) is 16.7. The van der Waals surface area contributed by atoms with Gasteiger partial charge in [0.15, 0.2) is 0 Å². The van der Waals surface area contributed by atoms with Gasteiger partial charge in [-0.05, 0) is 55.0 Å². The fourth-order valence-corrected chi connectivity index (χ4v) is 2.40. The molecule has 0 aliphatic heterocycles. The van der Waals surface area contributed by atoms with Crippen molar-refractivity contribution in [2.24, 2.45) is 11.1 Å². The predicted molar refractivity (Wildman–Crippen MR) is 75.2 cm³/mol. The van der Waals surface area contributed by atoms with E-state index >= 15 is 0 Å². The maximum absolute atomic E-state index is 6.14. The number of ether oxygens (including phenoxy) is 1. The zero-order valence-corrected chi connectivity index (χ0v) is 11.8. The number of nitrogens with two attached hydrogens (primary N) is 1. The quantitative estimate of drug-likeness (QED) is 0.833. The zero-order chi connectivity index (χ0) is 13.2. The molecule has 0 heterocycles. The van der Waals surface area contributed by atoms with Crippen LogP contribution >= 0.6 is 11.6 Å². The molecule has 1 aliphatic carbocycles. The predicted octanol–water partition coefficient (Wildman–Crippen LogP) is 2.49. The molecule has 1 saturated carbocycles. The molecule has 0 saturated heterocycles. The Labute approximate surface area is 114 Å². The lowest BCUT2D eigenvalue weighted by molar-refractivity contribution is 0.414. The summed E-state index contributed by atoms with van der Waals surface area (Å²) in [6.07, 6.45) is 2.50. The summed E-state index contributed by atoms with van der Waals surface area (Å²) in [5.41, 5.74) is 8.54. The number of halogens is 1. The third-order valence-electron chi connectivity index (χ3n) is 3.82. The molecule has 0 atom stereocenters. The smallest absolute Gasteiger partial charge is 0.137 e. The second-order valence-electron chi connectivity index (χ2n) is 5.22. The number of hydrogen-bond acceptors (Lipinski definition) is 3. The molecule has 0 aromatic heterocycles. The maximum Gasteiger partial charge on any atom is 0.137 e. The van der Waals surface area contributed by atoms with Gasteiger partial charge >= 0.3 is 0 Å². The van der Waals surface area contributed by atoms with Crippen molar-refractivity contribution < 1.29 is 4.74 Å². The van der Waals surface area contributed by atoms with Crippen molar-refractivity contribution in [3.63, 3.8) is 0 Å². The summed E-state index contributed by atoms with van der Waals surface area (Å²) >= 11 is 6.14. The Morgan fingerprint density at radius 2 is 2.17 bits per heavy atom. The highest BCUT2D eigenvalue weighted by Gasteiger charge is 2.40. The van der Waals surface area contributed by atoms with Crippen molar-refractivity contribution in [1.82, 2.24) is 5.32 Å². The standard InChI is InChI=1S/C14H21ClN2O/c1-10-5-13(18-2)12(15)6-11(10)7-17-9-14(8-16)3-4-14/h5-6,17H,3-4,7-9,16H2,1-2H3. The van der Waals surface area contributed by atoms with Crippen LogP contribution in [0.15, 0.2) is 12.1 Å². The van der Waals surface area contributed by atoms with Gasteiger partial charge in [0.25, 0.3) is 0 Å². The Bertz CT molecular complexity index is 430. The van der Waals surface area contributed by atoms with E-state index in [0.717, 1.165) is 25.4 Å². The van der Waals surface area contributed by atoms with Crippen molar-refractivity contribution >= 4 is 11.6 Å². The molecule has 0 radical (unpaired) electrons. The van der Waals surface area contributed by atoms with Gasteiger partial charge in [-0.25, -0.2) is 0 Å². The van der Waals surface area contributed by atoms with Crippen LogP contribution in [0.5, 0.6) is 5.75 Å². The van der Waals surface area contributed by atoms with Crippen LogP contribution in [0, 0.1) is 12.3 Å². The average Bonchev–Trinajstić information content (AvgIpc) is 3.13. The van der Waals surface area contributed by atoms with E-state index in [4.69, 9.17) is 22.1 Å². The highest BCUT2D eigenvalue weighted by atomic mass is 35.5. The van der Waals surface area contributed by atoms with Crippen LogP contribution in [-0.2, 0) is 6.54 Å². The van der Waals surface area contributed by atoms with Crippen LogP contribution in [0.1, 0.15) is 24.0 Å². The highest BCUT2D eigenvalue weighted by Crippen LogP contribution is 2.43. The van der Waals surface area contributed by atoms with Gasteiger partial charge in [-0.3, -0.25) is 0 Å². The average molecular weight is 269 g/mol. The summed E-state index contributed by atoms with van der Waals surface area (Å²) in [5.74, 6) is 0.735. The molecule has 0 unspecified atom stereocenters. The lowest BCUT2D eigenvalue weighted by Gasteiger charge is -2.15. The summed E-state index contributed by atoms with van der Waals surface area (Å²) in [5, 5.41) is 4.15. The fraction of sp³-hybridized carbons (Fsp3) is 0.571. The molecule has 1 aromatic carbocycles. The minimum atomic E-state index is 0.365. The summed E-state index contributed by atoms with van der Waals surface area (Å²) < 4.78 is 5.20. The Morgan fingerprint density at radius 3 is 2.72 bits per heavy atom. The van der Waals surface area contributed by atoms with Crippen LogP contribution in [-0.4, -0.2) is 20.2 Å². The van der Waals surface area contributed by atoms with Crippen molar-refractivity contribution in [3.8, 4) is 5.75 Å². The molecular weight excluding hydrogens is 248 g/mol. The lowest BCUT2D eigenvalue weighted by atomic mass is 10.1. The SMILES string of the molecule is COc1cc(C)c(CNCC2(CN)CC2)cc1Cl. The van der Waals surface area contributed by atoms with Crippen LogP contribution < -0.4 is 15.8 Å². The largest absolute Gasteiger partial charge is 0.495 e. The van der Waals surface area contributed by atoms with E-state index in [0.29, 0.717) is 10.4 Å². The van der Waals surface area contributed by atoms with E-state index in [2.05, 4.69) is 12.2 Å². The Hall–Kier alpha value is -0.770. The number of nitrogens with one attached hydrogen (secondary N) is 1. The molecule has 2 rings (SSSR count).